The van der Waals surface area contributed by atoms with E-state index in [2.05, 4.69) is 0 Å². The average Bonchev–Trinajstić information content (AvgIpc) is 2.32. The third-order valence-corrected chi connectivity index (χ3v) is 3.16. The Hall–Kier alpha value is -1.84. The third-order valence-electron chi connectivity index (χ3n) is 3.16. The van der Waals surface area contributed by atoms with Gasteiger partial charge in [0.1, 0.15) is 5.75 Å². The molecule has 4 heteroatoms. The number of fused-ring (bicyclic) bond motifs is 1. The molecule has 0 aliphatic carbocycles. The van der Waals surface area contributed by atoms with E-state index >= 15 is 0 Å². The Kier molecular flexibility index (Phi) is 3.11. The second-order valence-electron chi connectivity index (χ2n) is 4.92. The zero-order valence-corrected chi connectivity index (χ0v) is 11.1. The minimum atomic E-state index is -0.453. The van der Waals surface area contributed by atoms with Gasteiger partial charge in [0.2, 0.25) is 0 Å². The predicted molar refractivity (Wildman–Crippen MR) is 69.1 cm³/mol. The number of amides is 1. The quantitative estimate of drug-likeness (QED) is 0.753. The summed E-state index contributed by atoms with van der Waals surface area (Å²) < 4.78 is 5.71. The van der Waals surface area contributed by atoms with Crippen molar-refractivity contribution in [2.24, 2.45) is 5.92 Å². The fourth-order valence-corrected chi connectivity index (χ4v) is 2.02. The smallest absolute Gasteiger partial charge is 0.268 e. The van der Waals surface area contributed by atoms with Gasteiger partial charge in [0.25, 0.3) is 5.91 Å². The maximum atomic E-state index is 12.1. The Bertz CT molecular complexity index is 508. The van der Waals surface area contributed by atoms with Crippen LogP contribution in [-0.4, -0.2) is 24.8 Å². The molecule has 0 N–H and O–H groups in total. The number of hydrogen-bond donors (Lipinski definition) is 0. The molecule has 0 saturated carbocycles. The first-order chi connectivity index (χ1) is 8.41. The first kappa shape index (κ1) is 12.6. The molecule has 4 nitrogen and oxygen atoms in total. The molecule has 18 heavy (non-hydrogen) atoms. The maximum Gasteiger partial charge on any atom is 0.268 e. The van der Waals surface area contributed by atoms with Gasteiger partial charge in [-0.2, -0.15) is 0 Å². The zero-order valence-electron chi connectivity index (χ0n) is 11.1. The molecule has 0 radical (unpaired) electrons. The lowest BCUT2D eigenvalue weighted by molar-refractivity contribution is -0.127. The summed E-state index contributed by atoms with van der Waals surface area (Å²) in [6, 6.07) is 5.18. The van der Waals surface area contributed by atoms with Gasteiger partial charge in [0.15, 0.2) is 11.9 Å². The van der Waals surface area contributed by atoms with Crippen LogP contribution in [0.15, 0.2) is 18.2 Å². The molecule has 1 aliphatic heterocycles. The number of hydrogen-bond acceptors (Lipinski definition) is 3. The van der Waals surface area contributed by atoms with Crippen molar-refractivity contribution in [3.63, 3.8) is 0 Å². The summed E-state index contributed by atoms with van der Waals surface area (Å²) in [5.41, 5.74) is 1.24. The molecule has 2 rings (SSSR count). The number of likely N-dealkylation sites (N-methyl/N-ethyl adjacent to an activating group) is 1. The van der Waals surface area contributed by atoms with Crippen LogP contribution in [0.3, 0.4) is 0 Å². The summed E-state index contributed by atoms with van der Waals surface area (Å²) in [5, 5.41) is 0. The second kappa shape index (κ2) is 4.44. The number of nitrogens with zero attached hydrogens (tertiary/aromatic N) is 1. The Morgan fingerprint density at radius 3 is 2.61 bits per heavy atom. The molecule has 1 atom stereocenters. The van der Waals surface area contributed by atoms with Crippen molar-refractivity contribution in [3.05, 3.63) is 23.8 Å². The van der Waals surface area contributed by atoms with Gasteiger partial charge in [0.05, 0.1) is 5.69 Å². The first-order valence-corrected chi connectivity index (χ1v) is 6.01. The maximum absolute atomic E-state index is 12.1. The summed E-state index contributed by atoms with van der Waals surface area (Å²) in [5.74, 6) is 0.671. The van der Waals surface area contributed by atoms with E-state index in [1.165, 1.54) is 6.92 Å². The topological polar surface area (TPSA) is 46.6 Å². The van der Waals surface area contributed by atoms with Crippen LogP contribution in [0.4, 0.5) is 5.69 Å². The fraction of sp³-hybridized carbons (Fsp3) is 0.429. The number of rotatable bonds is 2. The molecule has 0 fully saturated rings. The van der Waals surface area contributed by atoms with Gasteiger partial charge in [-0.25, -0.2) is 0 Å². The van der Waals surface area contributed by atoms with Crippen molar-refractivity contribution in [2.75, 3.05) is 11.9 Å². The molecular formula is C14H17NO3. The summed E-state index contributed by atoms with van der Waals surface area (Å²) >= 11 is 0. The van der Waals surface area contributed by atoms with Crippen molar-refractivity contribution in [1.29, 1.82) is 0 Å². The van der Waals surface area contributed by atoms with Gasteiger partial charge in [-0.15, -0.1) is 0 Å². The van der Waals surface area contributed by atoms with E-state index in [1.807, 2.05) is 13.8 Å². The zero-order chi connectivity index (χ0) is 13.4. The third kappa shape index (κ3) is 1.98. The Morgan fingerprint density at radius 2 is 2.06 bits per heavy atom. The lowest BCUT2D eigenvalue weighted by atomic mass is 10.0. The summed E-state index contributed by atoms with van der Waals surface area (Å²) in [6.07, 6.45) is -0.453. The normalized spacial score (nSPS) is 18.6. The van der Waals surface area contributed by atoms with Gasteiger partial charge in [0, 0.05) is 12.6 Å². The van der Waals surface area contributed by atoms with Crippen LogP contribution < -0.4 is 9.64 Å². The largest absolute Gasteiger partial charge is 0.478 e. The average molecular weight is 247 g/mol. The van der Waals surface area contributed by atoms with Crippen LogP contribution in [0.1, 0.15) is 31.1 Å². The lowest BCUT2D eigenvalue weighted by Crippen LogP contribution is -2.46. The second-order valence-corrected chi connectivity index (χ2v) is 4.92. The lowest BCUT2D eigenvalue weighted by Gasteiger charge is -2.34. The highest BCUT2D eigenvalue weighted by Crippen LogP contribution is 2.35. The molecular weight excluding hydrogens is 230 g/mol. The first-order valence-electron chi connectivity index (χ1n) is 6.01. The molecule has 0 aromatic heterocycles. The summed E-state index contributed by atoms with van der Waals surface area (Å²) in [4.78, 5) is 25.0. The summed E-state index contributed by atoms with van der Waals surface area (Å²) in [7, 11) is 1.71. The van der Waals surface area contributed by atoms with E-state index in [9.17, 15) is 9.59 Å². The molecule has 0 spiro atoms. The van der Waals surface area contributed by atoms with Crippen LogP contribution in [0.2, 0.25) is 0 Å². The van der Waals surface area contributed by atoms with Crippen LogP contribution in [0.5, 0.6) is 5.75 Å². The standard InChI is InChI=1S/C14H17NO3/c1-8(2)13-14(17)15(4)11-7-10(9(3)16)5-6-12(11)18-13/h5-8,13H,1-4H3. The highest BCUT2D eigenvalue weighted by molar-refractivity contribution is 6.02. The molecule has 1 aromatic rings. The summed E-state index contributed by atoms with van der Waals surface area (Å²) in [6.45, 7) is 5.40. The highest BCUT2D eigenvalue weighted by atomic mass is 16.5. The van der Waals surface area contributed by atoms with Crippen molar-refractivity contribution in [1.82, 2.24) is 0 Å². The van der Waals surface area contributed by atoms with Crippen molar-refractivity contribution < 1.29 is 14.3 Å². The number of anilines is 1. The van der Waals surface area contributed by atoms with Gasteiger partial charge in [-0.3, -0.25) is 9.59 Å². The van der Waals surface area contributed by atoms with Crippen LogP contribution in [0.25, 0.3) is 0 Å². The number of carbonyl (C=O) groups excluding carboxylic acids is 2. The molecule has 1 aromatic carbocycles. The number of Topliss-reactive ketones (excluding diaryl/α,β-unsaturated/α-hetero) is 1. The number of ether oxygens (including phenoxy) is 1. The van der Waals surface area contributed by atoms with E-state index in [-0.39, 0.29) is 17.6 Å². The number of benzene rings is 1. The van der Waals surface area contributed by atoms with Crippen molar-refractivity contribution >= 4 is 17.4 Å². The molecule has 0 saturated heterocycles. The minimum absolute atomic E-state index is 0.0235. The van der Waals surface area contributed by atoms with E-state index in [1.54, 1.807) is 30.1 Å². The van der Waals surface area contributed by atoms with E-state index in [0.29, 0.717) is 17.0 Å². The number of carbonyl (C=O) groups is 2. The Balaban J connectivity index is 2.45. The number of ketones is 1. The van der Waals surface area contributed by atoms with Gasteiger partial charge in [-0.1, -0.05) is 13.8 Å². The van der Waals surface area contributed by atoms with Crippen LogP contribution >= 0.6 is 0 Å². The van der Waals surface area contributed by atoms with Crippen molar-refractivity contribution in [3.8, 4) is 5.75 Å². The monoisotopic (exact) mass is 247 g/mol. The van der Waals surface area contributed by atoms with Gasteiger partial charge in [-0.05, 0) is 31.0 Å². The Labute approximate surface area is 107 Å². The van der Waals surface area contributed by atoms with Crippen LogP contribution in [-0.2, 0) is 4.79 Å². The van der Waals surface area contributed by atoms with Crippen LogP contribution in [0, 0.1) is 5.92 Å². The predicted octanol–water partition coefficient (Wildman–Crippen LogP) is 2.27. The molecule has 96 valence electrons. The van der Waals surface area contributed by atoms with Gasteiger partial charge >= 0.3 is 0 Å². The Morgan fingerprint density at radius 1 is 1.39 bits per heavy atom. The minimum Gasteiger partial charge on any atom is -0.478 e. The SMILES string of the molecule is CC(=O)c1ccc2c(c1)N(C)C(=O)C(C(C)C)O2. The molecule has 0 bridgehead atoms. The fourth-order valence-electron chi connectivity index (χ4n) is 2.02. The molecule has 1 heterocycles. The van der Waals surface area contributed by atoms with E-state index in [4.69, 9.17) is 4.74 Å². The molecule has 1 aliphatic rings. The van der Waals surface area contributed by atoms with Crippen molar-refractivity contribution in [2.45, 2.75) is 26.9 Å². The van der Waals surface area contributed by atoms with E-state index in [0.717, 1.165) is 0 Å². The van der Waals surface area contributed by atoms with Gasteiger partial charge < -0.3 is 9.64 Å². The molecule has 1 unspecified atom stereocenters. The molecule has 1 amide bonds. The highest BCUT2D eigenvalue weighted by Gasteiger charge is 2.34. The van der Waals surface area contributed by atoms with E-state index < -0.39 is 6.10 Å².